The SMILES string of the molecule is CC(Nc1c(C#N)cnc2cccnc12)c1cc2cccc(C(F)(F)F)c2c(=O)n1-c1ccccc1. The fraction of sp³-hybridized carbons (Fsp3) is 0.111. The van der Waals surface area contributed by atoms with Crippen molar-refractivity contribution < 1.29 is 13.2 Å². The van der Waals surface area contributed by atoms with Crippen LogP contribution < -0.4 is 10.9 Å². The van der Waals surface area contributed by atoms with E-state index in [1.807, 2.05) is 0 Å². The maximum Gasteiger partial charge on any atom is 0.417 e. The summed E-state index contributed by atoms with van der Waals surface area (Å²) in [6.07, 6.45) is -1.68. The molecule has 0 amide bonds. The molecular formula is C27H18F3N5O. The Labute approximate surface area is 203 Å². The zero-order chi connectivity index (χ0) is 25.4. The molecule has 2 aromatic carbocycles. The summed E-state index contributed by atoms with van der Waals surface area (Å²) in [7, 11) is 0. The van der Waals surface area contributed by atoms with Gasteiger partial charge in [-0.15, -0.1) is 0 Å². The number of halogens is 3. The summed E-state index contributed by atoms with van der Waals surface area (Å²) in [5, 5.41) is 12.7. The van der Waals surface area contributed by atoms with Crippen LogP contribution in [0.25, 0.3) is 27.5 Å². The molecule has 36 heavy (non-hydrogen) atoms. The van der Waals surface area contributed by atoms with Gasteiger partial charge in [0.2, 0.25) is 0 Å². The van der Waals surface area contributed by atoms with Crippen LogP contribution in [0.1, 0.15) is 29.8 Å². The Bertz CT molecular complexity index is 1710. The van der Waals surface area contributed by atoms with Gasteiger partial charge < -0.3 is 5.32 Å². The van der Waals surface area contributed by atoms with Crippen LogP contribution in [0.2, 0.25) is 0 Å². The molecule has 9 heteroatoms. The second-order valence-corrected chi connectivity index (χ2v) is 8.21. The number of nitrogens with zero attached hydrogens (tertiary/aromatic N) is 4. The normalized spacial score (nSPS) is 12.4. The fourth-order valence-corrected chi connectivity index (χ4v) is 4.32. The molecule has 5 aromatic rings. The van der Waals surface area contributed by atoms with Crippen LogP contribution in [0.15, 0.2) is 83.9 Å². The third kappa shape index (κ3) is 3.92. The number of hydrogen-bond donors (Lipinski definition) is 1. The molecule has 6 nitrogen and oxygen atoms in total. The van der Waals surface area contributed by atoms with Crippen molar-refractivity contribution in [1.82, 2.24) is 14.5 Å². The number of benzene rings is 2. The maximum absolute atomic E-state index is 13.8. The van der Waals surface area contributed by atoms with Gasteiger partial charge >= 0.3 is 6.18 Å². The molecule has 0 spiro atoms. The van der Waals surface area contributed by atoms with E-state index in [2.05, 4.69) is 21.4 Å². The minimum atomic E-state index is -4.69. The highest BCUT2D eigenvalue weighted by Gasteiger charge is 2.34. The van der Waals surface area contributed by atoms with Gasteiger partial charge in [-0.05, 0) is 48.7 Å². The number of para-hydroxylation sites is 1. The molecule has 0 radical (unpaired) electrons. The van der Waals surface area contributed by atoms with Crippen LogP contribution in [0.5, 0.6) is 0 Å². The standard InChI is InChI=1S/C27H18F3N5O/c1-16(34-24-18(14-31)15-33-21-11-6-12-32-25(21)24)22-13-17-7-5-10-20(27(28,29)30)23(17)26(36)35(22)19-8-3-2-4-9-19/h2-13,15-16H,1H3,(H,33,34). The van der Waals surface area contributed by atoms with E-state index in [0.717, 1.165) is 6.07 Å². The van der Waals surface area contributed by atoms with E-state index < -0.39 is 28.7 Å². The van der Waals surface area contributed by atoms with Crippen molar-refractivity contribution in [3.8, 4) is 11.8 Å². The molecular weight excluding hydrogens is 467 g/mol. The number of rotatable bonds is 4. The van der Waals surface area contributed by atoms with Crippen molar-refractivity contribution in [3.05, 3.63) is 106 Å². The van der Waals surface area contributed by atoms with Gasteiger partial charge in [0, 0.05) is 23.8 Å². The number of anilines is 1. The third-order valence-corrected chi connectivity index (χ3v) is 5.95. The largest absolute Gasteiger partial charge is 0.417 e. The predicted molar refractivity (Wildman–Crippen MR) is 131 cm³/mol. The molecule has 0 bridgehead atoms. The Kier molecular flexibility index (Phi) is 5.65. The molecule has 1 atom stereocenters. The van der Waals surface area contributed by atoms with Crippen molar-refractivity contribution >= 4 is 27.5 Å². The minimum Gasteiger partial charge on any atom is -0.374 e. The van der Waals surface area contributed by atoms with E-state index in [1.165, 1.54) is 22.9 Å². The van der Waals surface area contributed by atoms with Crippen molar-refractivity contribution in [1.29, 1.82) is 5.26 Å². The molecule has 1 N–H and O–H groups in total. The smallest absolute Gasteiger partial charge is 0.374 e. The number of nitrogens with one attached hydrogen (secondary N) is 1. The second-order valence-electron chi connectivity index (χ2n) is 8.21. The molecule has 5 rings (SSSR count). The first-order valence-corrected chi connectivity index (χ1v) is 11.0. The highest BCUT2D eigenvalue weighted by molar-refractivity contribution is 5.91. The van der Waals surface area contributed by atoms with E-state index in [9.17, 15) is 23.2 Å². The van der Waals surface area contributed by atoms with Crippen LogP contribution in [-0.4, -0.2) is 14.5 Å². The lowest BCUT2D eigenvalue weighted by Gasteiger charge is -2.23. The van der Waals surface area contributed by atoms with Gasteiger partial charge in [-0.25, -0.2) is 0 Å². The number of nitriles is 1. The molecule has 3 aromatic heterocycles. The van der Waals surface area contributed by atoms with E-state index in [4.69, 9.17) is 0 Å². The van der Waals surface area contributed by atoms with E-state index in [0.29, 0.717) is 28.1 Å². The lowest BCUT2D eigenvalue weighted by molar-refractivity contribution is -0.136. The van der Waals surface area contributed by atoms with Crippen LogP contribution in [-0.2, 0) is 6.18 Å². The average molecular weight is 485 g/mol. The minimum absolute atomic E-state index is 0.170. The summed E-state index contributed by atoms with van der Waals surface area (Å²) in [6, 6.07) is 18.7. The molecule has 0 saturated carbocycles. The zero-order valence-electron chi connectivity index (χ0n) is 18.9. The van der Waals surface area contributed by atoms with Gasteiger partial charge in [-0.1, -0.05) is 30.3 Å². The molecule has 0 aliphatic rings. The lowest BCUT2D eigenvalue weighted by Crippen LogP contribution is -2.27. The van der Waals surface area contributed by atoms with Gasteiger partial charge in [0.25, 0.3) is 5.56 Å². The number of hydrogen-bond acceptors (Lipinski definition) is 5. The summed E-state index contributed by atoms with van der Waals surface area (Å²) in [4.78, 5) is 22.3. The molecule has 0 saturated heterocycles. The first-order chi connectivity index (χ1) is 17.3. The third-order valence-electron chi connectivity index (χ3n) is 5.95. The first kappa shape index (κ1) is 23.1. The zero-order valence-corrected chi connectivity index (χ0v) is 18.9. The summed E-state index contributed by atoms with van der Waals surface area (Å²) in [6.45, 7) is 1.77. The Morgan fingerprint density at radius 1 is 1.03 bits per heavy atom. The van der Waals surface area contributed by atoms with Crippen molar-refractivity contribution in [2.75, 3.05) is 5.32 Å². The van der Waals surface area contributed by atoms with Crippen molar-refractivity contribution in [2.24, 2.45) is 0 Å². The van der Waals surface area contributed by atoms with E-state index >= 15 is 0 Å². The lowest BCUT2D eigenvalue weighted by atomic mass is 10.0. The van der Waals surface area contributed by atoms with E-state index in [1.54, 1.807) is 61.7 Å². The Morgan fingerprint density at radius 2 is 1.81 bits per heavy atom. The molecule has 0 aliphatic heterocycles. The van der Waals surface area contributed by atoms with Crippen molar-refractivity contribution in [2.45, 2.75) is 19.1 Å². The summed E-state index contributed by atoms with van der Waals surface area (Å²) < 4.78 is 42.7. The molecule has 3 heterocycles. The Balaban J connectivity index is 1.76. The van der Waals surface area contributed by atoms with Gasteiger partial charge in [-0.3, -0.25) is 19.3 Å². The first-order valence-electron chi connectivity index (χ1n) is 11.0. The average Bonchev–Trinajstić information content (AvgIpc) is 2.88. The van der Waals surface area contributed by atoms with Crippen LogP contribution >= 0.6 is 0 Å². The Hall–Kier alpha value is -4.71. The predicted octanol–water partition coefficient (Wildman–Crippen LogP) is 6.00. The number of fused-ring (bicyclic) bond motifs is 2. The fourth-order valence-electron chi connectivity index (χ4n) is 4.32. The molecule has 0 fully saturated rings. The number of alkyl halides is 3. The molecule has 1 unspecified atom stereocenters. The highest BCUT2D eigenvalue weighted by Crippen LogP contribution is 2.35. The maximum atomic E-state index is 13.8. The number of aromatic nitrogens is 3. The summed E-state index contributed by atoms with van der Waals surface area (Å²) in [5.74, 6) is 0. The van der Waals surface area contributed by atoms with E-state index in [-0.39, 0.29) is 10.9 Å². The van der Waals surface area contributed by atoms with Gasteiger partial charge in [0.05, 0.1) is 33.8 Å². The van der Waals surface area contributed by atoms with Gasteiger partial charge in [-0.2, -0.15) is 18.4 Å². The van der Waals surface area contributed by atoms with Crippen molar-refractivity contribution in [3.63, 3.8) is 0 Å². The van der Waals surface area contributed by atoms with Gasteiger partial charge in [0.15, 0.2) is 0 Å². The number of pyridine rings is 3. The highest BCUT2D eigenvalue weighted by atomic mass is 19.4. The van der Waals surface area contributed by atoms with Gasteiger partial charge in [0.1, 0.15) is 11.6 Å². The second kappa shape index (κ2) is 8.82. The molecule has 0 aliphatic carbocycles. The molecule has 178 valence electrons. The quantitative estimate of drug-likeness (QED) is 0.338. The van der Waals surface area contributed by atoms with Crippen LogP contribution in [0, 0.1) is 11.3 Å². The Morgan fingerprint density at radius 3 is 2.53 bits per heavy atom. The van der Waals surface area contributed by atoms with Crippen LogP contribution in [0.4, 0.5) is 18.9 Å². The monoisotopic (exact) mass is 485 g/mol. The summed E-state index contributed by atoms with van der Waals surface area (Å²) in [5.41, 5.74) is 0.781. The topological polar surface area (TPSA) is 83.6 Å². The summed E-state index contributed by atoms with van der Waals surface area (Å²) >= 11 is 0. The van der Waals surface area contributed by atoms with Crippen LogP contribution in [0.3, 0.4) is 0 Å².